The van der Waals surface area contributed by atoms with Crippen LogP contribution in [-0.2, 0) is 9.31 Å². The molecule has 1 saturated heterocycles. The zero-order valence-electron chi connectivity index (χ0n) is 12.8. The molecular formula is C15H23BN2O2. The molecule has 0 aromatic carbocycles. The highest BCUT2D eigenvalue weighted by Crippen LogP contribution is 2.36. The van der Waals surface area contributed by atoms with Crippen molar-refractivity contribution in [3.8, 4) is 0 Å². The molecule has 0 atom stereocenters. The normalized spacial score (nSPS) is 25.3. The van der Waals surface area contributed by atoms with Crippen molar-refractivity contribution in [3.05, 3.63) is 18.1 Å². The quantitative estimate of drug-likeness (QED) is 0.777. The van der Waals surface area contributed by atoms with Crippen molar-refractivity contribution in [1.82, 2.24) is 9.97 Å². The van der Waals surface area contributed by atoms with Crippen molar-refractivity contribution in [2.24, 2.45) is 0 Å². The molecule has 0 amide bonds. The van der Waals surface area contributed by atoms with Crippen LogP contribution in [0.3, 0.4) is 0 Å². The van der Waals surface area contributed by atoms with Gasteiger partial charge in [0, 0.05) is 18.3 Å². The van der Waals surface area contributed by atoms with Crippen LogP contribution in [-0.4, -0.2) is 28.3 Å². The maximum Gasteiger partial charge on any atom is 0.516 e. The molecule has 0 spiro atoms. The van der Waals surface area contributed by atoms with E-state index in [1.165, 1.54) is 25.7 Å². The topological polar surface area (TPSA) is 44.2 Å². The zero-order chi connectivity index (χ0) is 14.4. The largest absolute Gasteiger partial charge is 0.516 e. The molecule has 0 radical (unpaired) electrons. The Hall–Kier alpha value is -0.935. The second kappa shape index (κ2) is 4.81. The lowest BCUT2D eigenvalue weighted by molar-refractivity contribution is 0.00578. The summed E-state index contributed by atoms with van der Waals surface area (Å²) in [6, 6.07) is 0. The number of nitrogens with zero attached hydrogens (tertiary/aromatic N) is 2. The lowest BCUT2D eigenvalue weighted by Gasteiger charge is -2.32. The zero-order valence-corrected chi connectivity index (χ0v) is 12.8. The van der Waals surface area contributed by atoms with E-state index in [0.717, 1.165) is 11.3 Å². The summed E-state index contributed by atoms with van der Waals surface area (Å²) in [5.74, 6) is 0.592. The van der Waals surface area contributed by atoms with E-state index >= 15 is 0 Å². The van der Waals surface area contributed by atoms with Gasteiger partial charge in [-0.15, -0.1) is 0 Å². The summed E-state index contributed by atoms with van der Waals surface area (Å²) in [6.07, 6.45) is 8.82. The van der Waals surface area contributed by atoms with Crippen molar-refractivity contribution in [1.29, 1.82) is 0 Å². The molecule has 4 nitrogen and oxygen atoms in total. The first-order chi connectivity index (χ1) is 9.39. The molecular weight excluding hydrogens is 251 g/mol. The molecule has 2 heterocycles. The van der Waals surface area contributed by atoms with Crippen LogP contribution in [0, 0.1) is 0 Å². The molecule has 20 heavy (non-hydrogen) atoms. The fourth-order valence-corrected chi connectivity index (χ4v) is 2.87. The third-order valence-electron chi connectivity index (χ3n) is 4.96. The average Bonchev–Trinajstić information content (AvgIpc) is 2.97. The number of hydrogen-bond donors (Lipinski definition) is 0. The third-order valence-corrected chi connectivity index (χ3v) is 4.96. The van der Waals surface area contributed by atoms with Crippen molar-refractivity contribution >= 4 is 12.7 Å². The van der Waals surface area contributed by atoms with E-state index in [-0.39, 0.29) is 11.2 Å². The Morgan fingerprint density at radius 1 is 1.00 bits per heavy atom. The number of aromatic nitrogens is 2. The smallest absolute Gasteiger partial charge is 0.398 e. The van der Waals surface area contributed by atoms with Crippen molar-refractivity contribution < 1.29 is 9.31 Å². The van der Waals surface area contributed by atoms with Gasteiger partial charge in [0.05, 0.1) is 22.5 Å². The molecule has 1 aliphatic carbocycles. The van der Waals surface area contributed by atoms with Crippen molar-refractivity contribution in [2.75, 3.05) is 0 Å². The Bertz CT molecular complexity index is 465. The summed E-state index contributed by atoms with van der Waals surface area (Å²) < 4.78 is 12.0. The van der Waals surface area contributed by atoms with Crippen LogP contribution in [0.5, 0.6) is 0 Å². The summed E-state index contributed by atoms with van der Waals surface area (Å²) in [7, 11) is -0.412. The summed E-state index contributed by atoms with van der Waals surface area (Å²) >= 11 is 0. The Morgan fingerprint density at radius 2 is 1.60 bits per heavy atom. The minimum atomic E-state index is -0.412. The van der Waals surface area contributed by atoms with Crippen LogP contribution in [0.1, 0.15) is 65.0 Å². The SMILES string of the molecule is CC1(C)OB(c2cnc(C3CCCC3)cn2)OC1(C)C. The summed E-state index contributed by atoms with van der Waals surface area (Å²) in [5, 5.41) is 0. The van der Waals surface area contributed by atoms with E-state index in [2.05, 4.69) is 9.97 Å². The van der Waals surface area contributed by atoms with E-state index in [1.807, 2.05) is 40.1 Å². The minimum absolute atomic E-state index is 0.330. The van der Waals surface area contributed by atoms with Crippen LogP contribution in [0.15, 0.2) is 12.4 Å². The predicted molar refractivity (Wildman–Crippen MR) is 79.0 cm³/mol. The Labute approximate surface area is 121 Å². The van der Waals surface area contributed by atoms with E-state index in [9.17, 15) is 0 Å². The van der Waals surface area contributed by atoms with E-state index < -0.39 is 7.12 Å². The molecule has 1 aromatic rings. The molecule has 3 rings (SSSR count). The van der Waals surface area contributed by atoms with E-state index in [1.54, 1.807) is 0 Å². The fourth-order valence-electron chi connectivity index (χ4n) is 2.87. The Balaban J connectivity index is 1.75. The van der Waals surface area contributed by atoms with Crippen LogP contribution in [0.2, 0.25) is 0 Å². The van der Waals surface area contributed by atoms with Gasteiger partial charge in [0.15, 0.2) is 0 Å². The van der Waals surface area contributed by atoms with Crippen LogP contribution in [0.4, 0.5) is 0 Å². The highest BCUT2D eigenvalue weighted by molar-refractivity contribution is 6.61. The van der Waals surface area contributed by atoms with Crippen LogP contribution in [0.25, 0.3) is 0 Å². The predicted octanol–water partition coefficient (Wildman–Crippen LogP) is 2.43. The lowest BCUT2D eigenvalue weighted by atomic mass is 9.85. The third kappa shape index (κ3) is 2.37. The highest BCUT2D eigenvalue weighted by atomic mass is 16.7. The van der Waals surface area contributed by atoms with Crippen molar-refractivity contribution in [2.45, 2.75) is 70.5 Å². The molecule has 0 unspecified atom stereocenters. The highest BCUT2D eigenvalue weighted by Gasteiger charge is 2.52. The molecule has 0 N–H and O–H groups in total. The maximum atomic E-state index is 5.99. The van der Waals surface area contributed by atoms with Gasteiger partial charge in [-0.3, -0.25) is 9.97 Å². The number of hydrogen-bond acceptors (Lipinski definition) is 4. The first-order valence-electron chi connectivity index (χ1n) is 7.56. The number of rotatable bonds is 2. The summed E-state index contributed by atoms with van der Waals surface area (Å²) in [6.45, 7) is 8.20. The Kier molecular flexibility index (Phi) is 3.37. The second-order valence-corrected chi connectivity index (χ2v) is 6.94. The van der Waals surface area contributed by atoms with Crippen molar-refractivity contribution in [3.63, 3.8) is 0 Å². The van der Waals surface area contributed by atoms with Gasteiger partial charge in [0.1, 0.15) is 0 Å². The molecule has 1 aliphatic heterocycles. The first kappa shape index (κ1) is 14.0. The van der Waals surface area contributed by atoms with Gasteiger partial charge in [-0.25, -0.2) is 0 Å². The second-order valence-electron chi connectivity index (χ2n) is 6.94. The van der Waals surface area contributed by atoms with Gasteiger partial charge in [0.2, 0.25) is 0 Å². The van der Waals surface area contributed by atoms with E-state index in [4.69, 9.17) is 9.31 Å². The maximum absolute atomic E-state index is 5.99. The molecule has 2 fully saturated rings. The standard InChI is InChI=1S/C15H23BN2O2/c1-14(2)15(3,4)20-16(19-14)13-10-17-12(9-18-13)11-7-5-6-8-11/h9-11H,5-8H2,1-4H3. The molecule has 5 heteroatoms. The average molecular weight is 274 g/mol. The Morgan fingerprint density at radius 3 is 2.10 bits per heavy atom. The van der Waals surface area contributed by atoms with Gasteiger partial charge >= 0.3 is 7.12 Å². The molecule has 0 bridgehead atoms. The van der Waals surface area contributed by atoms with Crippen LogP contribution >= 0.6 is 0 Å². The molecule has 108 valence electrons. The van der Waals surface area contributed by atoms with Crippen LogP contribution < -0.4 is 5.59 Å². The molecule has 1 saturated carbocycles. The molecule has 1 aromatic heterocycles. The monoisotopic (exact) mass is 274 g/mol. The van der Waals surface area contributed by atoms with E-state index in [0.29, 0.717) is 5.92 Å². The minimum Gasteiger partial charge on any atom is -0.398 e. The fraction of sp³-hybridized carbons (Fsp3) is 0.733. The van der Waals surface area contributed by atoms with Gasteiger partial charge < -0.3 is 9.31 Å². The summed E-state index contributed by atoms with van der Waals surface area (Å²) in [4.78, 5) is 9.10. The lowest BCUT2D eigenvalue weighted by Crippen LogP contribution is -2.41. The van der Waals surface area contributed by atoms with Gasteiger partial charge in [0.25, 0.3) is 0 Å². The van der Waals surface area contributed by atoms with Gasteiger partial charge in [-0.05, 0) is 40.5 Å². The van der Waals surface area contributed by atoms with Gasteiger partial charge in [-0.1, -0.05) is 12.8 Å². The molecule has 2 aliphatic rings. The van der Waals surface area contributed by atoms with Gasteiger partial charge in [-0.2, -0.15) is 0 Å². The summed E-state index contributed by atoms with van der Waals surface area (Å²) in [5.41, 5.74) is 1.22. The first-order valence-corrected chi connectivity index (χ1v) is 7.56.